The van der Waals surface area contributed by atoms with E-state index < -0.39 is 10.8 Å². The summed E-state index contributed by atoms with van der Waals surface area (Å²) in [6.45, 7) is 0. The molecule has 11 heavy (non-hydrogen) atoms. The molecule has 0 aliphatic carbocycles. The SMILES string of the molecule is O=S1CCc2ccccc2C1. The van der Waals surface area contributed by atoms with Crippen molar-refractivity contribution in [2.45, 2.75) is 12.2 Å². The molecule has 0 N–H and O–H groups in total. The normalized spacial score (nSPS) is 22.7. The number of fused-ring (bicyclic) bond motifs is 1. The van der Waals surface area contributed by atoms with E-state index in [-0.39, 0.29) is 0 Å². The van der Waals surface area contributed by atoms with Gasteiger partial charge in [-0.05, 0) is 17.5 Å². The first-order chi connectivity index (χ1) is 5.36. The van der Waals surface area contributed by atoms with E-state index in [2.05, 4.69) is 12.1 Å². The summed E-state index contributed by atoms with van der Waals surface area (Å²) in [5, 5.41) is 0. The summed E-state index contributed by atoms with van der Waals surface area (Å²) in [7, 11) is -0.602. The van der Waals surface area contributed by atoms with Gasteiger partial charge in [-0.3, -0.25) is 4.21 Å². The maximum atomic E-state index is 11.1. The Morgan fingerprint density at radius 1 is 1.18 bits per heavy atom. The number of benzene rings is 1. The van der Waals surface area contributed by atoms with Crippen LogP contribution in [-0.4, -0.2) is 9.96 Å². The highest BCUT2D eigenvalue weighted by Crippen LogP contribution is 2.17. The molecule has 1 nitrogen and oxygen atoms in total. The Balaban J connectivity index is 2.41. The van der Waals surface area contributed by atoms with Gasteiger partial charge in [-0.2, -0.15) is 0 Å². The van der Waals surface area contributed by atoms with Crippen molar-refractivity contribution >= 4 is 10.8 Å². The zero-order chi connectivity index (χ0) is 7.68. The summed E-state index contributed by atoms with van der Waals surface area (Å²) in [6, 6.07) is 8.27. The molecule has 1 atom stereocenters. The molecule has 1 aromatic carbocycles. The van der Waals surface area contributed by atoms with Crippen molar-refractivity contribution in [2.24, 2.45) is 0 Å². The standard InChI is InChI=1S/C9H10OS/c10-11-6-5-8-3-1-2-4-9(8)7-11/h1-4H,5-7H2. The van der Waals surface area contributed by atoms with Crippen LogP contribution >= 0.6 is 0 Å². The van der Waals surface area contributed by atoms with Gasteiger partial charge in [-0.15, -0.1) is 0 Å². The number of hydrogen-bond acceptors (Lipinski definition) is 1. The average molecular weight is 166 g/mol. The smallest absolute Gasteiger partial charge is 0.0488 e. The van der Waals surface area contributed by atoms with E-state index in [4.69, 9.17) is 0 Å². The van der Waals surface area contributed by atoms with Gasteiger partial charge in [0.15, 0.2) is 0 Å². The van der Waals surface area contributed by atoms with Gasteiger partial charge in [0.05, 0.1) is 0 Å². The molecule has 1 aliphatic heterocycles. The third-order valence-electron chi connectivity index (χ3n) is 2.03. The first-order valence-electron chi connectivity index (χ1n) is 3.78. The van der Waals surface area contributed by atoms with Crippen molar-refractivity contribution in [3.05, 3.63) is 35.4 Å². The Morgan fingerprint density at radius 2 is 1.91 bits per heavy atom. The minimum Gasteiger partial charge on any atom is -0.259 e. The van der Waals surface area contributed by atoms with E-state index in [1.54, 1.807) is 0 Å². The molecule has 1 aliphatic rings. The largest absolute Gasteiger partial charge is 0.259 e. The van der Waals surface area contributed by atoms with Gasteiger partial charge in [-0.25, -0.2) is 0 Å². The van der Waals surface area contributed by atoms with E-state index >= 15 is 0 Å². The highest BCUT2D eigenvalue weighted by Gasteiger charge is 2.12. The Bertz CT molecular complexity index is 293. The minimum absolute atomic E-state index is 0.602. The number of hydrogen-bond donors (Lipinski definition) is 0. The van der Waals surface area contributed by atoms with Crippen LogP contribution < -0.4 is 0 Å². The molecule has 58 valence electrons. The number of aryl methyl sites for hydroxylation is 1. The quantitative estimate of drug-likeness (QED) is 0.570. The van der Waals surface area contributed by atoms with E-state index in [9.17, 15) is 4.21 Å². The Kier molecular flexibility index (Phi) is 1.78. The molecule has 1 aromatic rings. The predicted molar refractivity (Wildman–Crippen MR) is 46.9 cm³/mol. The topological polar surface area (TPSA) is 17.1 Å². The summed E-state index contributed by atoms with van der Waals surface area (Å²) < 4.78 is 11.1. The van der Waals surface area contributed by atoms with Gasteiger partial charge < -0.3 is 0 Å². The van der Waals surface area contributed by atoms with Crippen LogP contribution in [0, 0.1) is 0 Å². The summed E-state index contributed by atoms with van der Waals surface area (Å²) in [5.74, 6) is 1.60. The fraction of sp³-hybridized carbons (Fsp3) is 0.333. The van der Waals surface area contributed by atoms with Gasteiger partial charge in [0.25, 0.3) is 0 Å². The maximum absolute atomic E-state index is 11.1. The lowest BCUT2D eigenvalue weighted by molar-refractivity contribution is 0.679. The van der Waals surface area contributed by atoms with Gasteiger partial charge in [0.2, 0.25) is 0 Å². The zero-order valence-electron chi connectivity index (χ0n) is 6.25. The molecule has 0 spiro atoms. The third kappa shape index (κ3) is 1.36. The van der Waals surface area contributed by atoms with Crippen LogP contribution in [0.3, 0.4) is 0 Å². The van der Waals surface area contributed by atoms with Gasteiger partial charge >= 0.3 is 0 Å². The van der Waals surface area contributed by atoms with Crippen LogP contribution in [-0.2, 0) is 23.0 Å². The monoisotopic (exact) mass is 166 g/mol. The Morgan fingerprint density at radius 3 is 2.73 bits per heavy atom. The first-order valence-corrected chi connectivity index (χ1v) is 5.27. The van der Waals surface area contributed by atoms with Crippen LogP contribution in [0.2, 0.25) is 0 Å². The van der Waals surface area contributed by atoms with Gasteiger partial charge in [0.1, 0.15) is 0 Å². The fourth-order valence-corrected chi connectivity index (χ4v) is 2.63. The van der Waals surface area contributed by atoms with Gasteiger partial charge in [-0.1, -0.05) is 24.3 Å². The second-order valence-electron chi connectivity index (χ2n) is 2.81. The molecular formula is C9H10OS. The molecule has 2 heteroatoms. The third-order valence-corrected chi connectivity index (χ3v) is 3.33. The molecule has 0 amide bonds. The van der Waals surface area contributed by atoms with Crippen molar-refractivity contribution in [3.63, 3.8) is 0 Å². The van der Waals surface area contributed by atoms with Gasteiger partial charge in [0, 0.05) is 22.3 Å². The summed E-state index contributed by atoms with van der Waals surface area (Å²) >= 11 is 0. The van der Waals surface area contributed by atoms with E-state index in [1.165, 1.54) is 11.1 Å². The second-order valence-corrected chi connectivity index (χ2v) is 4.38. The highest BCUT2D eigenvalue weighted by molar-refractivity contribution is 7.84. The molecule has 0 saturated carbocycles. The summed E-state index contributed by atoms with van der Waals surface area (Å²) in [6.07, 6.45) is 0.989. The van der Waals surface area contributed by atoms with E-state index in [0.29, 0.717) is 0 Å². The molecule has 0 radical (unpaired) electrons. The fourth-order valence-electron chi connectivity index (χ4n) is 1.41. The lowest BCUT2D eigenvalue weighted by atomic mass is 10.1. The molecule has 0 bridgehead atoms. The first kappa shape index (κ1) is 7.04. The average Bonchev–Trinajstić information content (AvgIpc) is 2.04. The lowest BCUT2D eigenvalue weighted by Crippen LogP contribution is -2.12. The van der Waals surface area contributed by atoms with Crippen LogP contribution in [0.5, 0.6) is 0 Å². The molecule has 0 fully saturated rings. The Hall–Kier alpha value is -0.630. The van der Waals surface area contributed by atoms with Crippen molar-refractivity contribution < 1.29 is 4.21 Å². The summed E-state index contributed by atoms with van der Waals surface area (Å²) in [4.78, 5) is 0. The zero-order valence-corrected chi connectivity index (χ0v) is 7.06. The Labute approximate surface area is 68.9 Å². The molecular weight excluding hydrogens is 156 g/mol. The van der Waals surface area contributed by atoms with Crippen LogP contribution in [0.25, 0.3) is 0 Å². The lowest BCUT2D eigenvalue weighted by Gasteiger charge is -2.13. The van der Waals surface area contributed by atoms with Crippen LogP contribution in [0.4, 0.5) is 0 Å². The maximum Gasteiger partial charge on any atom is 0.0488 e. The predicted octanol–water partition coefficient (Wildman–Crippen LogP) is 1.49. The molecule has 0 saturated heterocycles. The molecule has 2 rings (SSSR count). The van der Waals surface area contributed by atoms with Crippen LogP contribution in [0.15, 0.2) is 24.3 Å². The molecule has 0 aromatic heterocycles. The summed E-state index contributed by atoms with van der Waals surface area (Å²) in [5.41, 5.74) is 2.66. The van der Waals surface area contributed by atoms with E-state index in [0.717, 1.165) is 17.9 Å². The number of rotatable bonds is 0. The molecule has 1 heterocycles. The minimum atomic E-state index is -0.602. The molecule has 1 unspecified atom stereocenters. The second kappa shape index (κ2) is 2.78. The van der Waals surface area contributed by atoms with Crippen LogP contribution in [0.1, 0.15) is 11.1 Å². The highest BCUT2D eigenvalue weighted by atomic mass is 32.2. The van der Waals surface area contributed by atoms with Crippen molar-refractivity contribution in [3.8, 4) is 0 Å². The van der Waals surface area contributed by atoms with Crippen molar-refractivity contribution in [1.29, 1.82) is 0 Å². The van der Waals surface area contributed by atoms with Crippen molar-refractivity contribution in [2.75, 3.05) is 5.75 Å². The van der Waals surface area contributed by atoms with Crippen molar-refractivity contribution in [1.82, 2.24) is 0 Å². The van der Waals surface area contributed by atoms with E-state index in [1.807, 2.05) is 12.1 Å².